The quantitative estimate of drug-likeness (QED) is 0.402. The summed E-state index contributed by atoms with van der Waals surface area (Å²) in [5, 5.41) is 15.2. The highest BCUT2D eigenvalue weighted by molar-refractivity contribution is 7.22. The van der Waals surface area contributed by atoms with Crippen LogP contribution >= 0.6 is 11.3 Å². The number of para-hydroxylation sites is 1. The minimum Gasteiger partial charge on any atom is -0.457 e. The minimum atomic E-state index is 0.0739. The first-order valence-corrected chi connectivity index (χ1v) is 11.4. The summed E-state index contributed by atoms with van der Waals surface area (Å²) < 4.78 is 7.25. The smallest absolute Gasteiger partial charge is 0.184 e. The van der Waals surface area contributed by atoms with Gasteiger partial charge in [0, 0.05) is 17.6 Å². The van der Waals surface area contributed by atoms with Crippen molar-refractivity contribution in [2.75, 3.05) is 11.9 Å². The van der Waals surface area contributed by atoms with E-state index in [0.29, 0.717) is 5.92 Å². The fourth-order valence-corrected chi connectivity index (χ4v) is 5.28. The van der Waals surface area contributed by atoms with Gasteiger partial charge in [-0.05, 0) is 49.1 Å². The molecule has 154 valence electrons. The molecule has 1 fully saturated rings. The largest absolute Gasteiger partial charge is 0.457 e. The molecule has 1 aliphatic carbocycles. The van der Waals surface area contributed by atoms with Crippen LogP contribution in [0, 0.1) is 5.92 Å². The van der Waals surface area contributed by atoms with E-state index in [0.717, 1.165) is 37.8 Å². The molecule has 2 aromatic carbocycles. The number of hydrogen-bond acceptors (Lipinski definition) is 6. The number of rotatable bonds is 6. The molecule has 2 heterocycles. The average molecular weight is 420 g/mol. The van der Waals surface area contributed by atoms with Gasteiger partial charge in [-0.15, -0.1) is 0 Å². The van der Waals surface area contributed by atoms with Crippen LogP contribution in [0.3, 0.4) is 0 Å². The Bertz CT molecular complexity index is 1150. The average Bonchev–Trinajstić information content (AvgIpc) is 3.20. The number of hydrogen-bond donors (Lipinski definition) is 2. The third kappa shape index (κ3) is 3.98. The van der Waals surface area contributed by atoms with Crippen molar-refractivity contribution in [3.05, 3.63) is 54.7 Å². The number of anilines is 1. The summed E-state index contributed by atoms with van der Waals surface area (Å²) in [6, 6.07) is 15.9. The lowest BCUT2D eigenvalue weighted by Crippen LogP contribution is -2.33. The predicted molar refractivity (Wildman–Crippen MR) is 123 cm³/mol. The summed E-state index contributed by atoms with van der Waals surface area (Å²) in [6.07, 6.45) is 7.96. The molecular weight excluding hydrogens is 394 g/mol. The summed E-state index contributed by atoms with van der Waals surface area (Å²) in [7, 11) is 0. The molecule has 6 heteroatoms. The van der Waals surface area contributed by atoms with E-state index in [1.807, 2.05) is 48.5 Å². The number of ether oxygens (including phenoxy) is 1. The Morgan fingerprint density at radius 2 is 1.93 bits per heavy atom. The molecule has 2 aromatic heterocycles. The molecule has 0 radical (unpaired) electrons. The lowest BCUT2D eigenvalue weighted by molar-refractivity contribution is 0.209. The van der Waals surface area contributed by atoms with E-state index in [4.69, 9.17) is 9.72 Å². The zero-order valence-corrected chi connectivity index (χ0v) is 17.6. The van der Waals surface area contributed by atoms with Gasteiger partial charge in [0.15, 0.2) is 5.13 Å². The normalized spacial score (nSPS) is 16.0. The highest BCUT2D eigenvalue weighted by atomic mass is 32.1. The maximum absolute atomic E-state index is 9.90. The van der Waals surface area contributed by atoms with Crippen LogP contribution in [0.4, 0.5) is 5.13 Å². The lowest BCUT2D eigenvalue weighted by atomic mass is 9.84. The molecule has 30 heavy (non-hydrogen) atoms. The number of aliphatic hydroxyl groups excluding tert-OH is 1. The van der Waals surface area contributed by atoms with Crippen LogP contribution in [-0.4, -0.2) is 27.7 Å². The van der Waals surface area contributed by atoms with E-state index >= 15 is 0 Å². The zero-order chi connectivity index (χ0) is 20.3. The molecule has 4 aromatic rings. The molecule has 5 nitrogen and oxygen atoms in total. The van der Waals surface area contributed by atoms with Crippen molar-refractivity contribution in [2.45, 2.75) is 38.1 Å². The molecule has 0 amide bonds. The molecule has 0 spiro atoms. The second-order valence-electron chi connectivity index (χ2n) is 7.91. The molecule has 0 bridgehead atoms. The fourth-order valence-electron chi connectivity index (χ4n) is 4.32. The fraction of sp³-hybridized carbons (Fsp3) is 0.333. The van der Waals surface area contributed by atoms with Crippen molar-refractivity contribution >= 4 is 37.6 Å². The van der Waals surface area contributed by atoms with Crippen LogP contribution in [0.5, 0.6) is 11.5 Å². The van der Waals surface area contributed by atoms with Gasteiger partial charge in [-0.3, -0.25) is 4.98 Å². The van der Waals surface area contributed by atoms with Crippen molar-refractivity contribution in [1.82, 2.24) is 9.97 Å². The van der Waals surface area contributed by atoms with E-state index in [-0.39, 0.29) is 12.6 Å². The number of benzene rings is 2. The SMILES string of the molecule is OCC(Nc1nc2ccc(Oc3ccnc4ccccc34)cc2s1)C1CCCCC1. The van der Waals surface area contributed by atoms with Gasteiger partial charge in [0.1, 0.15) is 11.5 Å². The van der Waals surface area contributed by atoms with Crippen molar-refractivity contribution < 1.29 is 9.84 Å². The summed E-state index contributed by atoms with van der Waals surface area (Å²) in [5.74, 6) is 2.09. The Labute approximate surface area is 179 Å². The molecular formula is C24H25N3O2S. The Morgan fingerprint density at radius 3 is 2.80 bits per heavy atom. The molecule has 1 saturated carbocycles. The molecule has 0 saturated heterocycles. The van der Waals surface area contributed by atoms with Gasteiger partial charge < -0.3 is 15.2 Å². The maximum Gasteiger partial charge on any atom is 0.184 e. The molecule has 2 N–H and O–H groups in total. The van der Waals surface area contributed by atoms with Gasteiger partial charge in [0.25, 0.3) is 0 Å². The number of thiazole rings is 1. The highest BCUT2D eigenvalue weighted by Gasteiger charge is 2.24. The van der Waals surface area contributed by atoms with Gasteiger partial charge in [0.05, 0.1) is 28.4 Å². The number of pyridine rings is 1. The Hall–Kier alpha value is -2.70. The molecule has 0 aliphatic heterocycles. The second-order valence-corrected chi connectivity index (χ2v) is 8.94. The number of aromatic nitrogens is 2. The van der Waals surface area contributed by atoms with E-state index in [2.05, 4.69) is 10.3 Å². The van der Waals surface area contributed by atoms with Crippen molar-refractivity contribution in [1.29, 1.82) is 0 Å². The Morgan fingerprint density at radius 1 is 1.07 bits per heavy atom. The van der Waals surface area contributed by atoms with Gasteiger partial charge in [0.2, 0.25) is 0 Å². The van der Waals surface area contributed by atoms with Gasteiger partial charge >= 0.3 is 0 Å². The van der Waals surface area contributed by atoms with Crippen LogP contribution < -0.4 is 10.1 Å². The first-order valence-electron chi connectivity index (χ1n) is 10.6. The van der Waals surface area contributed by atoms with Crippen molar-refractivity contribution in [2.24, 2.45) is 5.92 Å². The van der Waals surface area contributed by atoms with Crippen LogP contribution in [0.2, 0.25) is 0 Å². The number of nitrogens with zero attached hydrogens (tertiary/aromatic N) is 2. The van der Waals surface area contributed by atoms with Crippen LogP contribution in [0.15, 0.2) is 54.7 Å². The highest BCUT2D eigenvalue weighted by Crippen LogP contribution is 2.35. The molecule has 1 atom stereocenters. The van der Waals surface area contributed by atoms with E-state index in [1.54, 1.807) is 17.5 Å². The summed E-state index contributed by atoms with van der Waals surface area (Å²) >= 11 is 1.61. The maximum atomic E-state index is 9.90. The van der Waals surface area contributed by atoms with E-state index in [9.17, 15) is 5.11 Å². The minimum absolute atomic E-state index is 0.0739. The van der Waals surface area contributed by atoms with Crippen LogP contribution in [-0.2, 0) is 0 Å². The number of aliphatic hydroxyl groups is 1. The summed E-state index contributed by atoms with van der Waals surface area (Å²) in [5.41, 5.74) is 1.85. The van der Waals surface area contributed by atoms with Crippen LogP contribution in [0.1, 0.15) is 32.1 Å². The Balaban J connectivity index is 1.37. The topological polar surface area (TPSA) is 67.3 Å². The number of nitrogens with one attached hydrogen (secondary N) is 1. The lowest BCUT2D eigenvalue weighted by Gasteiger charge is -2.29. The zero-order valence-electron chi connectivity index (χ0n) is 16.8. The summed E-state index contributed by atoms with van der Waals surface area (Å²) in [4.78, 5) is 9.12. The predicted octanol–water partition coefficient (Wildman–Crippen LogP) is 5.99. The first-order chi connectivity index (χ1) is 14.8. The van der Waals surface area contributed by atoms with Gasteiger partial charge in [-0.1, -0.05) is 42.7 Å². The standard InChI is InChI=1S/C24H25N3O2S/c28-15-21(16-6-2-1-3-7-16)27-24-26-20-11-10-17(14-23(20)30-24)29-22-12-13-25-19-9-5-4-8-18(19)22/h4-5,8-14,16,21,28H,1-3,6-7,15H2,(H,26,27). The third-order valence-electron chi connectivity index (χ3n) is 5.92. The monoisotopic (exact) mass is 419 g/mol. The van der Waals surface area contributed by atoms with Gasteiger partial charge in [-0.2, -0.15) is 0 Å². The van der Waals surface area contributed by atoms with Gasteiger partial charge in [-0.25, -0.2) is 4.98 Å². The molecule has 1 unspecified atom stereocenters. The Kier molecular flexibility index (Phi) is 5.51. The number of fused-ring (bicyclic) bond motifs is 2. The van der Waals surface area contributed by atoms with E-state index < -0.39 is 0 Å². The van der Waals surface area contributed by atoms with Crippen molar-refractivity contribution in [3.63, 3.8) is 0 Å². The second kappa shape index (κ2) is 8.58. The molecule has 5 rings (SSSR count). The van der Waals surface area contributed by atoms with Crippen LogP contribution in [0.25, 0.3) is 21.1 Å². The third-order valence-corrected chi connectivity index (χ3v) is 6.87. The first kappa shape index (κ1) is 19.3. The van der Waals surface area contributed by atoms with Crippen molar-refractivity contribution in [3.8, 4) is 11.5 Å². The summed E-state index contributed by atoms with van der Waals surface area (Å²) in [6.45, 7) is 0.143. The molecule has 1 aliphatic rings. The van der Waals surface area contributed by atoms with E-state index in [1.165, 1.54) is 32.1 Å².